The van der Waals surface area contributed by atoms with Crippen LogP contribution in [0.4, 0.5) is 4.39 Å². The van der Waals surface area contributed by atoms with Crippen LogP contribution in [-0.2, 0) is 6.42 Å². The zero-order valence-corrected chi connectivity index (χ0v) is 14.3. The third-order valence-electron chi connectivity index (χ3n) is 3.75. The Labute approximate surface area is 134 Å². The van der Waals surface area contributed by atoms with Crippen LogP contribution in [0.3, 0.4) is 0 Å². The highest BCUT2D eigenvalue weighted by Crippen LogP contribution is 2.24. The Morgan fingerprint density at radius 1 is 1.10 bits per heavy atom. The van der Waals surface area contributed by atoms with E-state index in [-0.39, 0.29) is 11.9 Å². The average Bonchev–Trinajstić information content (AvgIpc) is 2.41. The first-order valence-electron chi connectivity index (χ1n) is 7.25. The topological polar surface area (TPSA) is 12.0 Å². The fraction of sp³-hybridized carbons (Fsp3) is 0.333. The average molecular weight is 350 g/mol. The first kappa shape index (κ1) is 16.2. The molecule has 0 amide bonds. The molecule has 2 rings (SSSR count). The van der Waals surface area contributed by atoms with Gasteiger partial charge < -0.3 is 5.32 Å². The highest BCUT2D eigenvalue weighted by molar-refractivity contribution is 9.10. The zero-order chi connectivity index (χ0) is 15.4. The first-order chi connectivity index (χ1) is 9.99. The summed E-state index contributed by atoms with van der Waals surface area (Å²) in [6.45, 7) is 7.16. The molecule has 2 aromatic rings. The van der Waals surface area contributed by atoms with Crippen LogP contribution in [0.2, 0.25) is 0 Å². The predicted molar refractivity (Wildman–Crippen MR) is 90.1 cm³/mol. The van der Waals surface area contributed by atoms with E-state index < -0.39 is 0 Å². The van der Waals surface area contributed by atoms with Crippen LogP contribution >= 0.6 is 15.9 Å². The summed E-state index contributed by atoms with van der Waals surface area (Å²) in [5.41, 5.74) is 4.84. The molecule has 1 unspecified atom stereocenters. The van der Waals surface area contributed by atoms with E-state index in [0.29, 0.717) is 0 Å². The first-order valence-corrected chi connectivity index (χ1v) is 8.04. The molecule has 0 heterocycles. The van der Waals surface area contributed by atoms with Gasteiger partial charge in [-0.25, -0.2) is 4.39 Å². The van der Waals surface area contributed by atoms with Crippen molar-refractivity contribution in [1.82, 2.24) is 5.32 Å². The van der Waals surface area contributed by atoms with Crippen LogP contribution in [0.15, 0.2) is 40.9 Å². The molecule has 0 spiro atoms. The van der Waals surface area contributed by atoms with Gasteiger partial charge in [0.2, 0.25) is 0 Å². The Morgan fingerprint density at radius 2 is 1.86 bits per heavy atom. The molecular formula is C18H21BrFN. The maximum absolute atomic E-state index is 13.6. The van der Waals surface area contributed by atoms with Crippen molar-refractivity contribution in [2.75, 3.05) is 6.54 Å². The van der Waals surface area contributed by atoms with Gasteiger partial charge in [-0.3, -0.25) is 0 Å². The Balaban J connectivity index is 2.27. The Kier molecular flexibility index (Phi) is 5.54. The lowest BCUT2D eigenvalue weighted by Gasteiger charge is -2.19. The van der Waals surface area contributed by atoms with Crippen molar-refractivity contribution in [1.29, 1.82) is 0 Å². The van der Waals surface area contributed by atoms with E-state index >= 15 is 0 Å². The van der Waals surface area contributed by atoms with E-state index in [1.165, 1.54) is 22.8 Å². The normalized spacial score (nSPS) is 12.4. The van der Waals surface area contributed by atoms with Gasteiger partial charge in [0, 0.05) is 10.5 Å². The van der Waals surface area contributed by atoms with Crippen molar-refractivity contribution in [3.05, 3.63) is 68.9 Å². The van der Waals surface area contributed by atoms with Gasteiger partial charge in [-0.1, -0.05) is 41.1 Å². The lowest BCUT2D eigenvalue weighted by molar-refractivity contribution is 0.542. The van der Waals surface area contributed by atoms with Crippen molar-refractivity contribution in [3.8, 4) is 0 Å². The molecule has 0 aliphatic rings. The van der Waals surface area contributed by atoms with Crippen molar-refractivity contribution >= 4 is 15.9 Å². The fourth-order valence-electron chi connectivity index (χ4n) is 2.50. The number of rotatable bonds is 5. The lowest BCUT2D eigenvalue weighted by Crippen LogP contribution is -2.23. The smallest absolute Gasteiger partial charge is 0.124 e. The van der Waals surface area contributed by atoms with Crippen LogP contribution in [0.5, 0.6) is 0 Å². The summed E-state index contributed by atoms with van der Waals surface area (Å²) in [5.74, 6) is -0.206. The minimum atomic E-state index is -0.206. The van der Waals surface area contributed by atoms with Crippen molar-refractivity contribution < 1.29 is 4.39 Å². The predicted octanol–water partition coefficient (Wildman–Crippen LogP) is 5.10. The van der Waals surface area contributed by atoms with E-state index in [9.17, 15) is 4.39 Å². The maximum Gasteiger partial charge on any atom is 0.124 e. The summed E-state index contributed by atoms with van der Waals surface area (Å²) in [4.78, 5) is 0. The van der Waals surface area contributed by atoms with Gasteiger partial charge in [0.25, 0.3) is 0 Å². The third kappa shape index (κ3) is 4.39. The molecule has 0 saturated carbocycles. The van der Waals surface area contributed by atoms with Crippen LogP contribution in [0, 0.1) is 19.7 Å². The minimum absolute atomic E-state index is 0.115. The lowest BCUT2D eigenvalue weighted by atomic mass is 9.96. The number of hydrogen-bond donors (Lipinski definition) is 1. The maximum atomic E-state index is 13.6. The van der Waals surface area contributed by atoms with Gasteiger partial charge in [-0.05, 0) is 67.3 Å². The number of halogens is 2. The molecule has 0 aliphatic heterocycles. The van der Waals surface area contributed by atoms with Gasteiger partial charge in [0.1, 0.15) is 5.82 Å². The van der Waals surface area contributed by atoms with Crippen LogP contribution in [0.25, 0.3) is 0 Å². The van der Waals surface area contributed by atoms with E-state index in [1.54, 1.807) is 6.07 Å². The van der Waals surface area contributed by atoms with Crippen LogP contribution < -0.4 is 5.32 Å². The summed E-state index contributed by atoms with van der Waals surface area (Å²) < 4.78 is 14.4. The van der Waals surface area contributed by atoms with E-state index in [0.717, 1.165) is 23.0 Å². The molecule has 1 N–H and O–H groups in total. The summed E-state index contributed by atoms with van der Waals surface area (Å²) in [6, 6.07) is 11.7. The second-order valence-corrected chi connectivity index (χ2v) is 6.35. The highest BCUT2D eigenvalue weighted by atomic mass is 79.9. The molecule has 0 radical (unpaired) electrons. The largest absolute Gasteiger partial charge is 0.310 e. The quantitative estimate of drug-likeness (QED) is 0.791. The molecule has 0 saturated heterocycles. The molecule has 1 atom stereocenters. The zero-order valence-electron chi connectivity index (χ0n) is 12.7. The summed E-state index contributed by atoms with van der Waals surface area (Å²) in [5, 5.41) is 3.45. The van der Waals surface area contributed by atoms with Crippen molar-refractivity contribution in [2.24, 2.45) is 0 Å². The van der Waals surface area contributed by atoms with Gasteiger partial charge >= 0.3 is 0 Å². The number of aryl methyl sites for hydroxylation is 2. The second-order valence-electron chi connectivity index (χ2n) is 5.44. The van der Waals surface area contributed by atoms with Crippen LogP contribution in [0.1, 0.15) is 35.2 Å². The summed E-state index contributed by atoms with van der Waals surface area (Å²) in [6.07, 6.45) is 0.852. The van der Waals surface area contributed by atoms with E-state index in [1.807, 2.05) is 6.07 Å². The number of likely N-dealkylation sites (N-methyl/N-ethyl adjacent to an activating group) is 1. The van der Waals surface area contributed by atoms with Crippen LogP contribution in [-0.4, -0.2) is 6.54 Å². The molecule has 0 aliphatic carbocycles. The third-order valence-corrected chi connectivity index (χ3v) is 4.21. The Hall–Kier alpha value is -1.19. The molecule has 0 fully saturated rings. The molecule has 112 valence electrons. The van der Waals surface area contributed by atoms with Crippen molar-refractivity contribution in [2.45, 2.75) is 33.2 Å². The molecule has 2 aromatic carbocycles. The Bertz CT molecular complexity index is 604. The molecule has 3 heteroatoms. The minimum Gasteiger partial charge on any atom is -0.310 e. The number of nitrogens with one attached hydrogen (secondary N) is 1. The summed E-state index contributed by atoms with van der Waals surface area (Å²) >= 11 is 3.37. The van der Waals surface area contributed by atoms with Gasteiger partial charge in [-0.2, -0.15) is 0 Å². The number of hydrogen-bond acceptors (Lipinski definition) is 1. The highest BCUT2D eigenvalue weighted by Gasteiger charge is 2.13. The second kappa shape index (κ2) is 7.19. The number of benzene rings is 2. The van der Waals surface area contributed by atoms with E-state index in [4.69, 9.17) is 0 Å². The monoisotopic (exact) mass is 349 g/mol. The Morgan fingerprint density at radius 3 is 2.48 bits per heavy atom. The SMILES string of the molecule is CCNC(Cc1ccc(C)c(C)c1)c1cc(F)cc(Br)c1. The molecule has 0 bridgehead atoms. The molecular weight excluding hydrogens is 329 g/mol. The van der Waals surface area contributed by atoms with Gasteiger partial charge in [-0.15, -0.1) is 0 Å². The fourth-order valence-corrected chi connectivity index (χ4v) is 2.98. The summed E-state index contributed by atoms with van der Waals surface area (Å²) in [7, 11) is 0. The standard InChI is InChI=1S/C18H21BrFN/c1-4-21-18(15-9-16(19)11-17(20)10-15)8-14-6-5-12(2)13(3)7-14/h5-7,9-11,18,21H,4,8H2,1-3H3. The van der Waals surface area contributed by atoms with Gasteiger partial charge in [0.05, 0.1) is 0 Å². The van der Waals surface area contributed by atoms with Gasteiger partial charge in [0.15, 0.2) is 0 Å². The molecule has 0 aromatic heterocycles. The van der Waals surface area contributed by atoms with E-state index in [2.05, 4.69) is 60.2 Å². The molecule has 21 heavy (non-hydrogen) atoms. The van der Waals surface area contributed by atoms with Crippen molar-refractivity contribution in [3.63, 3.8) is 0 Å². The molecule has 1 nitrogen and oxygen atoms in total.